The molecule has 0 aliphatic carbocycles. The Labute approximate surface area is 187 Å². The number of thioether (sulfide) groups is 1. The second-order valence-corrected chi connectivity index (χ2v) is 7.15. The van der Waals surface area contributed by atoms with Crippen LogP contribution in [0.2, 0.25) is 0 Å². The third-order valence-corrected chi connectivity index (χ3v) is 5.50. The topological polar surface area (TPSA) is 67.9 Å². The fourth-order valence-electron chi connectivity index (χ4n) is 2.87. The molecule has 1 N–H and O–H groups in total. The molecule has 0 saturated carbocycles. The average molecular weight is 441 g/mol. The van der Waals surface area contributed by atoms with E-state index in [1.165, 1.54) is 32.8 Å². The molecule has 29 heavy (non-hydrogen) atoms. The minimum Gasteiger partial charge on any atom is -0.497 e. The highest BCUT2D eigenvalue weighted by molar-refractivity contribution is 7.99. The molecule has 0 fully saturated rings. The Morgan fingerprint density at radius 2 is 1.93 bits per heavy atom. The number of hydrogen-bond donors (Lipinski definition) is 1. The molecule has 1 amide bonds. The van der Waals surface area contributed by atoms with Gasteiger partial charge >= 0.3 is 5.97 Å². The monoisotopic (exact) mass is 440 g/mol. The summed E-state index contributed by atoms with van der Waals surface area (Å²) >= 11 is 1.25. The van der Waals surface area contributed by atoms with Crippen molar-refractivity contribution in [3.63, 3.8) is 0 Å². The first-order valence-corrected chi connectivity index (χ1v) is 9.51. The Bertz CT molecular complexity index is 1010. The van der Waals surface area contributed by atoms with Gasteiger partial charge in [-0.3, -0.25) is 9.59 Å². The summed E-state index contributed by atoms with van der Waals surface area (Å²) < 4.78 is 44.0. The number of amides is 1. The highest BCUT2D eigenvalue weighted by atomic mass is 35.5. The smallest absolute Gasteiger partial charge is 0.303 e. The van der Waals surface area contributed by atoms with Crippen molar-refractivity contribution in [3.8, 4) is 5.75 Å². The summed E-state index contributed by atoms with van der Waals surface area (Å²) in [5, 5.41) is 1.60. The lowest BCUT2D eigenvalue weighted by molar-refractivity contribution is -0.152. The van der Waals surface area contributed by atoms with Crippen LogP contribution in [0, 0.1) is 0 Å². The maximum atomic E-state index is 13.7. The van der Waals surface area contributed by atoms with Crippen LogP contribution in [-0.2, 0) is 14.3 Å². The van der Waals surface area contributed by atoms with Crippen molar-refractivity contribution < 1.29 is 24.5 Å². The lowest BCUT2D eigenvalue weighted by atomic mass is 10.1. The normalized spacial score (nSPS) is 21.3. The second kappa shape index (κ2) is 10.5. The van der Waals surface area contributed by atoms with Gasteiger partial charge in [-0.25, -0.2) is 0 Å². The Kier molecular flexibility index (Phi) is 6.40. The van der Waals surface area contributed by atoms with Crippen molar-refractivity contribution >= 4 is 41.7 Å². The number of hydrogen-bond acceptors (Lipinski definition) is 6. The lowest BCUT2D eigenvalue weighted by Gasteiger charge is -2.27. The zero-order valence-electron chi connectivity index (χ0n) is 20.2. The van der Waals surface area contributed by atoms with E-state index in [1.54, 1.807) is 48.5 Å². The van der Waals surface area contributed by atoms with Crippen molar-refractivity contribution in [2.45, 2.75) is 23.2 Å². The summed E-state index contributed by atoms with van der Waals surface area (Å²) in [4.78, 5) is 27.0. The third kappa shape index (κ3) is 5.23. The van der Waals surface area contributed by atoms with Gasteiger partial charge in [0.1, 0.15) is 5.75 Å². The van der Waals surface area contributed by atoms with Crippen LogP contribution in [0.4, 0.5) is 5.69 Å². The molecule has 0 bridgehead atoms. The molecular weight excluding hydrogens is 412 g/mol. The number of esters is 1. The molecule has 3 rings (SSSR count). The zero-order valence-corrected chi connectivity index (χ0v) is 17.8. The summed E-state index contributed by atoms with van der Waals surface area (Å²) in [5.74, 6) is -0.948. The lowest BCUT2D eigenvalue weighted by Crippen LogP contribution is -2.45. The number of halogens is 1. The van der Waals surface area contributed by atoms with Crippen LogP contribution in [0.3, 0.4) is 0 Å². The van der Waals surface area contributed by atoms with Crippen LogP contribution in [0.5, 0.6) is 5.75 Å². The van der Waals surface area contributed by atoms with E-state index >= 15 is 0 Å². The van der Waals surface area contributed by atoms with Crippen molar-refractivity contribution in [2.24, 2.45) is 0 Å². The van der Waals surface area contributed by atoms with Crippen LogP contribution in [-0.4, -0.2) is 45.1 Å². The van der Waals surface area contributed by atoms with Crippen LogP contribution in [0.15, 0.2) is 53.4 Å². The number of para-hydroxylation sites is 1. The number of likely N-dealkylation sites (N-methyl/N-ethyl adjacent to an activating group) is 1. The maximum Gasteiger partial charge on any atom is 0.303 e. The summed E-state index contributed by atoms with van der Waals surface area (Å²) in [7, 11) is 2.80. The molecule has 0 unspecified atom stereocenters. The van der Waals surface area contributed by atoms with Gasteiger partial charge in [0.2, 0.25) is 0 Å². The number of carbonyl (C=O) groups excluding carboxylic acids is 2. The summed E-state index contributed by atoms with van der Waals surface area (Å²) in [5.41, 5.74) is 0.865. The molecule has 156 valence electrons. The Morgan fingerprint density at radius 3 is 2.55 bits per heavy atom. The predicted octanol–water partition coefficient (Wildman–Crippen LogP) is 3.45. The van der Waals surface area contributed by atoms with E-state index in [4.69, 9.17) is 15.0 Å². The first kappa shape index (κ1) is 17.6. The van der Waals surface area contributed by atoms with E-state index < -0.39 is 36.2 Å². The van der Waals surface area contributed by atoms with E-state index in [0.29, 0.717) is 16.2 Å². The first-order chi connectivity index (χ1) is 15.0. The molecule has 0 spiro atoms. The quantitative estimate of drug-likeness (QED) is 0.694. The summed E-state index contributed by atoms with van der Waals surface area (Å²) in [6.07, 6.45) is -1.39. The Morgan fingerprint density at radius 1 is 1.24 bits per heavy atom. The summed E-state index contributed by atoms with van der Waals surface area (Å²) in [6.45, 7) is -4.23. The number of benzene rings is 2. The SMILES string of the molecule is Cl.[2H]C([2H])(NC)C([2H])([2H])N1C(=O)[C@@H](OC(C)=O)[C@@H](c2ccc(OC)cc2)Sc2ccccc21. The van der Waals surface area contributed by atoms with Crippen LogP contribution in [0.25, 0.3) is 0 Å². The highest BCUT2D eigenvalue weighted by Gasteiger charge is 2.40. The number of rotatable bonds is 6. The number of nitrogens with one attached hydrogen (secondary N) is 1. The Balaban J connectivity index is 0.00000385. The predicted molar refractivity (Wildman–Crippen MR) is 117 cm³/mol. The molecule has 2 aromatic rings. The van der Waals surface area contributed by atoms with Crippen molar-refractivity contribution in [3.05, 3.63) is 54.1 Å². The van der Waals surface area contributed by atoms with Crippen LogP contribution < -0.4 is 15.0 Å². The molecule has 0 saturated heterocycles. The zero-order chi connectivity index (χ0) is 23.7. The molecule has 6 nitrogen and oxygen atoms in total. The molecular formula is C21H25ClN2O4S. The van der Waals surface area contributed by atoms with Crippen molar-refractivity contribution in [1.29, 1.82) is 0 Å². The van der Waals surface area contributed by atoms with Gasteiger partial charge in [0.05, 0.1) is 20.8 Å². The highest BCUT2D eigenvalue weighted by Crippen LogP contribution is 2.46. The minimum atomic E-state index is -2.80. The molecule has 2 aromatic carbocycles. The number of fused-ring (bicyclic) bond motifs is 1. The Hall–Kier alpha value is -2.22. The van der Waals surface area contributed by atoms with Crippen LogP contribution >= 0.6 is 24.2 Å². The van der Waals surface area contributed by atoms with Gasteiger partial charge in [-0.2, -0.15) is 0 Å². The second-order valence-electron chi connectivity index (χ2n) is 5.97. The molecule has 0 radical (unpaired) electrons. The first-order valence-electron chi connectivity index (χ1n) is 10.6. The van der Waals surface area contributed by atoms with Crippen LogP contribution in [0.1, 0.15) is 23.2 Å². The average Bonchev–Trinajstić information content (AvgIpc) is 2.88. The molecule has 1 aliphatic rings. The fraction of sp³-hybridized carbons (Fsp3) is 0.333. The number of anilines is 1. The number of ether oxygens (including phenoxy) is 2. The van der Waals surface area contributed by atoms with Crippen molar-refractivity contribution in [2.75, 3.05) is 32.1 Å². The van der Waals surface area contributed by atoms with E-state index in [9.17, 15) is 9.59 Å². The van der Waals surface area contributed by atoms with E-state index in [2.05, 4.69) is 5.32 Å². The van der Waals surface area contributed by atoms with E-state index in [-0.39, 0.29) is 18.1 Å². The van der Waals surface area contributed by atoms with Gasteiger partial charge in [0.25, 0.3) is 5.91 Å². The summed E-state index contributed by atoms with van der Waals surface area (Å²) in [6, 6.07) is 13.6. The van der Waals surface area contributed by atoms with Gasteiger partial charge in [-0.05, 0) is 36.9 Å². The van der Waals surface area contributed by atoms with E-state index in [1.807, 2.05) is 0 Å². The molecule has 1 heterocycles. The molecule has 2 atom stereocenters. The largest absolute Gasteiger partial charge is 0.497 e. The minimum absolute atomic E-state index is 0. The fourth-order valence-corrected chi connectivity index (χ4v) is 4.17. The number of carbonyl (C=O) groups is 2. The number of methoxy groups -OCH3 is 1. The number of nitrogens with zero attached hydrogens (tertiary/aromatic N) is 1. The van der Waals surface area contributed by atoms with Gasteiger partial charge in [-0.1, -0.05) is 24.3 Å². The standard InChI is InChI=1S/C21H24N2O4S.ClH/c1-14(24)27-19-20(15-8-10-16(26-3)11-9-15)28-18-7-5-4-6-17(18)23(21(19)25)13-12-22-2;/h4-11,19-20,22H,12-13H2,1-3H3;1H/t19-,20+;/m0./s1/i12D2,13D2;. The van der Waals surface area contributed by atoms with Gasteiger partial charge in [0.15, 0.2) is 6.10 Å². The van der Waals surface area contributed by atoms with Crippen molar-refractivity contribution in [1.82, 2.24) is 5.32 Å². The van der Waals surface area contributed by atoms with Gasteiger partial charge in [-0.15, -0.1) is 24.2 Å². The van der Waals surface area contributed by atoms with E-state index in [0.717, 1.165) is 4.90 Å². The molecule has 0 aromatic heterocycles. The van der Waals surface area contributed by atoms with Gasteiger partial charge in [0, 0.05) is 27.6 Å². The third-order valence-electron chi connectivity index (χ3n) is 4.13. The molecule has 1 aliphatic heterocycles. The maximum absolute atomic E-state index is 13.7. The van der Waals surface area contributed by atoms with Gasteiger partial charge < -0.3 is 19.7 Å². The molecule has 8 heteroatoms.